The van der Waals surface area contributed by atoms with E-state index in [4.69, 9.17) is 0 Å². The zero-order valence-corrected chi connectivity index (χ0v) is 21.8. The van der Waals surface area contributed by atoms with E-state index in [2.05, 4.69) is 10.4 Å². The molecule has 2 fully saturated rings. The third-order valence-electron chi connectivity index (χ3n) is 7.45. The maximum atomic E-state index is 13.4. The summed E-state index contributed by atoms with van der Waals surface area (Å²) < 4.78 is 38.6. The number of rotatable bonds is 9. The fourth-order valence-electron chi connectivity index (χ4n) is 5.11. The van der Waals surface area contributed by atoms with Gasteiger partial charge in [-0.2, -0.15) is 5.10 Å². The van der Waals surface area contributed by atoms with Crippen LogP contribution in [0.2, 0.25) is 0 Å². The molecule has 1 aliphatic heterocycles. The van der Waals surface area contributed by atoms with Crippen molar-refractivity contribution in [1.82, 2.24) is 20.0 Å². The number of halogens is 1. The second-order valence-corrected chi connectivity index (χ2v) is 12.4. The summed E-state index contributed by atoms with van der Waals surface area (Å²) in [7, 11) is -3.13. The topological polar surface area (TPSA) is 101 Å². The van der Waals surface area contributed by atoms with Crippen molar-refractivity contribution < 1.29 is 22.4 Å². The first-order valence-electron chi connectivity index (χ1n) is 12.9. The van der Waals surface area contributed by atoms with Gasteiger partial charge in [-0.25, -0.2) is 17.5 Å². The molecule has 3 aromatic rings. The highest BCUT2D eigenvalue weighted by Gasteiger charge is 2.38. The molecule has 0 bridgehead atoms. The van der Waals surface area contributed by atoms with Gasteiger partial charge in [-0.15, -0.1) is 0 Å². The Balaban J connectivity index is 1.21. The van der Waals surface area contributed by atoms with E-state index in [1.54, 1.807) is 40.0 Å². The summed E-state index contributed by atoms with van der Waals surface area (Å²) in [6.45, 7) is 0.280. The number of aromatic nitrogens is 2. The molecule has 1 saturated carbocycles. The quantitative estimate of drug-likeness (QED) is 0.450. The molecule has 5 rings (SSSR count). The Kier molecular flexibility index (Phi) is 7.60. The molecule has 2 amide bonds. The first-order valence-corrected chi connectivity index (χ1v) is 14.8. The van der Waals surface area contributed by atoms with Gasteiger partial charge in [0.25, 0.3) is 5.91 Å². The van der Waals surface area contributed by atoms with Gasteiger partial charge in [0.05, 0.1) is 17.2 Å². The standard InChI is InChI=1S/C28H31FN4O4S/c29-23-9-5-20(6-10-23)25-19-22(25)3-1-4-26(28(35)32-15-17-38(36,37)18-16-32)31-27(34)21-7-11-24(12-8-21)33-14-2-13-30-33/h2,5-14,22,25-26H,1,3-4,15-19H2,(H,31,34)/t22-,25+,26+/m1/s1. The number of nitrogens with zero attached hydrogens (tertiary/aromatic N) is 3. The minimum atomic E-state index is -3.13. The molecule has 200 valence electrons. The molecule has 38 heavy (non-hydrogen) atoms. The van der Waals surface area contributed by atoms with Crippen LogP contribution in [0.1, 0.15) is 47.5 Å². The lowest BCUT2D eigenvalue weighted by atomic mass is 10.0. The predicted octanol–water partition coefficient (Wildman–Crippen LogP) is 3.34. The summed E-state index contributed by atoms with van der Waals surface area (Å²) >= 11 is 0. The molecule has 1 aromatic heterocycles. The molecule has 1 saturated heterocycles. The van der Waals surface area contributed by atoms with Gasteiger partial charge in [0.15, 0.2) is 9.84 Å². The number of benzene rings is 2. The van der Waals surface area contributed by atoms with E-state index >= 15 is 0 Å². The fourth-order valence-corrected chi connectivity index (χ4v) is 6.31. The van der Waals surface area contributed by atoms with Crippen LogP contribution in [-0.2, 0) is 14.6 Å². The van der Waals surface area contributed by atoms with Gasteiger partial charge < -0.3 is 10.2 Å². The van der Waals surface area contributed by atoms with E-state index in [1.807, 2.05) is 24.4 Å². The third kappa shape index (κ3) is 6.30. The number of amides is 2. The van der Waals surface area contributed by atoms with Crippen molar-refractivity contribution >= 4 is 21.7 Å². The SMILES string of the molecule is O=C(N[C@@H](CCC[C@@H]1C[C@H]1c1ccc(F)cc1)C(=O)N1CCS(=O)(=O)CC1)c1ccc(-n2cccn2)cc1. The smallest absolute Gasteiger partial charge is 0.251 e. The summed E-state index contributed by atoms with van der Waals surface area (Å²) in [4.78, 5) is 28.0. The first-order chi connectivity index (χ1) is 18.3. The predicted molar refractivity (Wildman–Crippen MR) is 141 cm³/mol. The molecule has 2 aromatic carbocycles. The second kappa shape index (κ2) is 11.1. The van der Waals surface area contributed by atoms with E-state index < -0.39 is 15.9 Å². The highest BCUT2D eigenvalue weighted by atomic mass is 32.2. The van der Waals surface area contributed by atoms with Gasteiger partial charge in [-0.05, 0) is 79.1 Å². The largest absolute Gasteiger partial charge is 0.340 e. The Morgan fingerprint density at radius 1 is 1.05 bits per heavy atom. The molecule has 0 radical (unpaired) electrons. The average Bonchev–Trinajstić information content (AvgIpc) is 3.46. The number of carbonyl (C=O) groups excluding carboxylic acids is 2. The zero-order valence-electron chi connectivity index (χ0n) is 21.0. The van der Waals surface area contributed by atoms with Crippen LogP contribution in [0.25, 0.3) is 5.69 Å². The third-order valence-corrected chi connectivity index (χ3v) is 9.06. The lowest BCUT2D eigenvalue weighted by Gasteiger charge is -2.30. The van der Waals surface area contributed by atoms with Gasteiger partial charge in [0.2, 0.25) is 5.91 Å². The van der Waals surface area contributed by atoms with E-state index in [0.29, 0.717) is 23.8 Å². The maximum Gasteiger partial charge on any atom is 0.251 e. The summed E-state index contributed by atoms with van der Waals surface area (Å²) in [5.41, 5.74) is 2.37. The Bertz CT molecular complexity index is 1360. The van der Waals surface area contributed by atoms with E-state index in [1.165, 1.54) is 12.1 Å². The highest BCUT2D eigenvalue weighted by Crippen LogP contribution is 2.50. The van der Waals surface area contributed by atoms with Crippen molar-refractivity contribution in [1.29, 1.82) is 0 Å². The lowest BCUT2D eigenvalue weighted by Crippen LogP contribution is -2.52. The molecule has 1 aliphatic carbocycles. The maximum absolute atomic E-state index is 13.4. The van der Waals surface area contributed by atoms with Crippen LogP contribution < -0.4 is 5.32 Å². The van der Waals surface area contributed by atoms with Crippen molar-refractivity contribution in [2.75, 3.05) is 24.6 Å². The Hall–Kier alpha value is -3.53. The summed E-state index contributed by atoms with van der Waals surface area (Å²) in [5, 5.41) is 7.09. The average molecular weight is 539 g/mol. The molecule has 8 nitrogen and oxygen atoms in total. The van der Waals surface area contributed by atoms with Crippen LogP contribution in [0.3, 0.4) is 0 Å². The van der Waals surface area contributed by atoms with Crippen molar-refractivity contribution in [2.24, 2.45) is 5.92 Å². The van der Waals surface area contributed by atoms with Crippen LogP contribution in [-0.4, -0.2) is 65.5 Å². The van der Waals surface area contributed by atoms with Crippen molar-refractivity contribution in [3.05, 3.63) is 83.9 Å². The van der Waals surface area contributed by atoms with E-state index in [9.17, 15) is 22.4 Å². The number of carbonyl (C=O) groups is 2. The van der Waals surface area contributed by atoms with Crippen molar-refractivity contribution in [3.8, 4) is 5.69 Å². The summed E-state index contributed by atoms with van der Waals surface area (Å²) in [6.07, 6.45) is 6.61. The molecule has 1 N–H and O–H groups in total. The zero-order chi connectivity index (χ0) is 26.7. The molecule has 2 heterocycles. The first kappa shape index (κ1) is 26.1. The van der Waals surface area contributed by atoms with Gasteiger partial charge in [-0.3, -0.25) is 9.59 Å². The molecular weight excluding hydrogens is 507 g/mol. The minimum absolute atomic E-state index is 0.0598. The molecule has 0 spiro atoms. The van der Waals surface area contributed by atoms with Crippen molar-refractivity contribution in [2.45, 2.75) is 37.6 Å². The van der Waals surface area contributed by atoms with Crippen molar-refractivity contribution in [3.63, 3.8) is 0 Å². The number of hydrogen-bond donors (Lipinski definition) is 1. The number of hydrogen-bond acceptors (Lipinski definition) is 5. The van der Waals surface area contributed by atoms with Gasteiger partial charge in [0.1, 0.15) is 11.9 Å². The van der Waals surface area contributed by atoms with Gasteiger partial charge in [-0.1, -0.05) is 18.6 Å². The van der Waals surface area contributed by atoms with Crippen LogP contribution in [0.15, 0.2) is 67.0 Å². The van der Waals surface area contributed by atoms with Gasteiger partial charge >= 0.3 is 0 Å². The van der Waals surface area contributed by atoms with E-state index in [-0.39, 0.29) is 42.2 Å². The molecule has 3 atom stereocenters. The second-order valence-electron chi connectivity index (χ2n) is 10.1. The monoisotopic (exact) mass is 538 g/mol. The highest BCUT2D eigenvalue weighted by molar-refractivity contribution is 7.91. The lowest BCUT2D eigenvalue weighted by molar-refractivity contribution is -0.133. The van der Waals surface area contributed by atoms with Gasteiger partial charge in [0, 0.05) is 31.0 Å². The Morgan fingerprint density at radius 2 is 1.76 bits per heavy atom. The van der Waals surface area contributed by atoms with Crippen LogP contribution in [0, 0.1) is 11.7 Å². The summed E-state index contributed by atoms with van der Waals surface area (Å²) in [6, 6.07) is 14.7. The minimum Gasteiger partial charge on any atom is -0.340 e. The fraction of sp³-hybridized carbons (Fsp3) is 0.393. The number of nitrogens with one attached hydrogen (secondary N) is 1. The van der Waals surface area contributed by atoms with Crippen LogP contribution in [0.5, 0.6) is 0 Å². The molecule has 2 aliphatic rings. The summed E-state index contributed by atoms with van der Waals surface area (Å²) in [5.74, 6) is -0.0832. The normalized spacial score (nSPS) is 21.0. The van der Waals surface area contributed by atoms with Crippen LogP contribution >= 0.6 is 0 Å². The molecule has 10 heteroatoms. The van der Waals surface area contributed by atoms with E-state index in [0.717, 1.165) is 30.5 Å². The number of sulfone groups is 1. The molecular formula is C28H31FN4O4S. The van der Waals surface area contributed by atoms with Crippen LogP contribution in [0.4, 0.5) is 4.39 Å². The molecule has 0 unspecified atom stereocenters. The Labute approximate surface area is 221 Å². The Morgan fingerprint density at radius 3 is 2.42 bits per heavy atom.